The van der Waals surface area contributed by atoms with Gasteiger partial charge in [0.15, 0.2) is 0 Å². The van der Waals surface area contributed by atoms with Crippen LogP contribution in [-0.4, -0.2) is 43.6 Å². The van der Waals surface area contributed by atoms with E-state index >= 15 is 0 Å². The SMILES string of the molecule is CCCc1cn([C@H]2C[C@H](O)[C@@H](CO)O2)c2nc(N)nc(N)c12. The number of aliphatic hydroxyl groups is 2. The van der Waals surface area contributed by atoms with Gasteiger partial charge in [-0.25, -0.2) is 0 Å². The number of aryl methyl sites for hydroxylation is 1. The van der Waals surface area contributed by atoms with Crippen LogP contribution in [0.25, 0.3) is 11.0 Å². The number of aromatic nitrogens is 3. The molecule has 0 unspecified atom stereocenters. The van der Waals surface area contributed by atoms with Crippen molar-refractivity contribution in [2.75, 3.05) is 18.1 Å². The molecule has 1 aliphatic heterocycles. The van der Waals surface area contributed by atoms with Crippen molar-refractivity contribution < 1.29 is 14.9 Å². The predicted octanol–water partition coefficient (Wildman–Crippen LogP) is 0.189. The van der Waals surface area contributed by atoms with Gasteiger partial charge in [0.05, 0.1) is 18.1 Å². The van der Waals surface area contributed by atoms with Gasteiger partial charge in [0.2, 0.25) is 5.95 Å². The summed E-state index contributed by atoms with van der Waals surface area (Å²) < 4.78 is 7.54. The van der Waals surface area contributed by atoms with Crippen LogP contribution in [0.4, 0.5) is 11.8 Å². The van der Waals surface area contributed by atoms with E-state index in [0.717, 1.165) is 23.8 Å². The normalized spacial score (nSPS) is 25.1. The van der Waals surface area contributed by atoms with Gasteiger partial charge in [0.25, 0.3) is 0 Å². The molecule has 1 aliphatic rings. The fourth-order valence-corrected chi connectivity index (χ4v) is 3.00. The average molecular weight is 307 g/mol. The van der Waals surface area contributed by atoms with E-state index in [1.807, 2.05) is 10.8 Å². The van der Waals surface area contributed by atoms with Crippen molar-refractivity contribution in [1.29, 1.82) is 0 Å². The Kier molecular flexibility index (Phi) is 3.90. The number of rotatable bonds is 4. The van der Waals surface area contributed by atoms with E-state index in [-0.39, 0.29) is 12.6 Å². The van der Waals surface area contributed by atoms with Crippen molar-refractivity contribution in [1.82, 2.24) is 14.5 Å². The molecule has 8 nitrogen and oxygen atoms in total. The van der Waals surface area contributed by atoms with Crippen molar-refractivity contribution >= 4 is 22.8 Å². The Bertz CT molecular complexity index is 687. The van der Waals surface area contributed by atoms with Gasteiger partial charge in [-0.2, -0.15) is 9.97 Å². The second kappa shape index (κ2) is 5.71. The zero-order chi connectivity index (χ0) is 15.9. The minimum Gasteiger partial charge on any atom is -0.394 e. The van der Waals surface area contributed by atoms with Gasteiger partial charge in [-0.1, -0.05) is 13.3 Å². The number of fused-ring (bicyclic) bond motifs is 1. The third kappa shape index (κ3) is 2.39. The molecule has 3 rings (SSSR count). The van der Waals surface area contributed by atoms with E-state index in [0.29, 0.717) is 17.9 Å². The van der Waals surface area contributed by atoms with Crippen molar-refractivity contribution in [3.8, 4) is 0 Å². The smallest absolute Gasteiger partial charge is 0.223 e. The summed E-state index contributed by atoms with van der Waals surface area (Å²) in [5.41, 5.74) is 13.3. The Morgan fingerprint density at radius 1 is 1.41 bits per heavy atom. The monoisotopic (exact) mass is 307 g/mol. The molecular weight excluding hydrogens is 286 g/mol. The predicted molar refractivity (Wildman–Crippen MR) is 82.0 cm³/mol. The first-order valence-electron chi connectivity index (χ1n) is 7.42. The molecule has 0 amide bonds. The lowest BCUT2D eigenvalue weighted by Gasteiger charge is -2.14. The number of hydrogen-bond donors (Lipinski definition) is 4. The molecule has 1 fully saturated rings. The average Bonchev–Trinajstić information content (AvgIpc) is 3.00. The zero-order valence-electron chi connectivity index (χ0n) is 12.4. The van der Waals surface area contributed by atoms with E-state index in [4.69, 9.17) is 16.2 Å². The summed E-state index contributed by atoms with van der Waals surface area (Å²) in [6, 6.07) is 0. The van der Waals surface area contributed by atoms with E-state index in [2.05, 4.69) is 16.9 Å². The number of ether oxygens (including phenoxy) is 1. The van der Waals surface area contributed by atoms with Crippen molar-refractivity contribution in [2.24, 2.45) is 0 Å². The second-order valence-electron chi connectivity index (χ2n) is 5.59. The molecule has 0 saturated carbocycles. The molecular formula is C14H21N5O3. The lowest BCUT2D eigenvalue weighted by atomic mass is 10.1. The number of aliphatic hydroxyl groups excluding tert-OH is 2. The molecule has 8 heteroatoms. The van der Waals surface area contributed by atoms with Gasteiger partial charge in [-0.15, -0.1) is 0 Å². The lowest BCUT2D eigenvalue weighted by molar-refractivity contribution is -0.0430. The van der Waals surface area contributed by atoms with Crippen LogP contribution in [0.15, 0.2) is 6.20 Å². The van der Waals surface area contributed by atoms with Crippen molar-refractivity contribution in [2.45, 2.75) is 44.6 Å². The van der Waals surface area contributed by atoms with Crippen LogP contribution in [-0.2, 0) is 11.2 Å². The summed E-state index contributed by atoms with van der Waals surface area (Å²) in [6.45, 7) is 1.85. The fourth-order valence-electron chi connectivity index (χ4n) is 3.00. The van der Waals surface area contributed by atoms with Crippen molar-refractivity contribution in [3.05, 3.63) is 11.8 Å². The largest absolute Gasteiger partial charge is 0.394 e. The summed E-state index contributed by atoms with van der Waals surface area (Å²) in [5, 5.41) is 19.9. The van der Waals surface area contributed by atoms with Gasteiger partial charge in [0, 0.05) is 12.6 Å². The molecule has 0 radical (unpaired) electrons. The highest BCUT2D eigenvalue weighted by atomic mass is 16.5. The molecule has 0 spiro atoms. The molecule has 2 aromatic rings. The lowest BCUT2D eigenvalue weighted by Crippen LogP contribution is -2.24. The van der Waals surface area contributed by atoms with Crippen LogP contribution in [0.3, 0.4) is 0 Å². The first-order valence-corrected chi connectivity index (χ1v) is 7.42. The van der Waals surface area contributed by atoms with Gasteiger partial charge < -0.3 is 31.0 Å². The van der Waals surface area contributed by atoms with Crippen LogP contribution in [0.1, 0.15) is 31.6 Å². The van der Waals surface area contributed by atoms with E-state index < -0.39 is 18.4 Å². The number of nitrogens with two attached hydrogens (primary N) is 2. The molecule has 3 heterocycles. The number of hydrogen-bond acceptors (Lipinski definition) is 7. The van der Waals surface area contributed by atoms with Gasteiger partial charge in [-0.05, 0) is 12.0 Å². The Labute approximate surface area is 127 Å². The molecule has 0 aliphatic carbocycles. The first kappa shape index (κ1) is 15.0. The Hall–Kier alpha value is -1.90. The van der Waals surface area contributed by atoms with Crippen LogP contribution in [0.2, 0.25) is 0 Å². The maximum Gasteiger partial charge on any atom is 0.223 e. The Morgan fingerprint density at radius 3 is 2.82 bits per heavy atom. The third-order valence-corrected chi connectivity index (χ3v) is 4.01. The number of nitrogens with zero attached hydrogens (tertiary/aromatic N) is 3. The minimum absolute atomic E-state index is 0.102. The maximum atomic E-state index is 9.93. The molecule has 22 heavy (non-hydrogen) atoms. The van der Waals surface area contributed by atoms with Gasteiger partial charge in [-0.3, -0.25) is 0 Å². The zero-order valence-corrected chi connectivity index (χ0v) is 12.4. The van der Waals surface area contributed by atoms with E-state index in [1.165, 1.54) is 0 Å². The standard InChI is InChI=1S/C14H21N5O3/c1-2-3-7-5-19(10-4-8(21)9(6-20)22-10)13-11(7)12(15)17-14(16)18-13/h5,8-10,20-21H,2-4,6H2,1H3,(H4,15,16,17,18)/t8-,9+,10+/m0/s1. The molecule has 1 saturated heterocycles. The number of anilines is 2. The third-order valence-electron chi connectivity index (χ3n) is 4.01. The highest BCUT2D eigenvalue weighted by Gasteiger charge is 2.35. The maximum absolute atomic E-state index is 9.93. The summed E-state index contributed by atoms with van der Waals surface area (Å²) in [5.74, 6) is 0.451. The Morgan fingerprint density at radius 2 is 2.18 bits per heavy atom. The highest BCUT2D eigenvalue weighted by Crippen LogP contribution is 2.34. The summed E-state index contributed by atoms with van der Waals surface area (Å²) in [6.07, 6.45) is 2.39. The topological polar surface area (TPSA) is 132 Å². The van der Waals surface area contributed by atoms with E-state index in [1.54, 1.807) is 0 Å². The summed E-state index contributed by atoms with van der Waals surface area (Å²) in [4.78, 5) is 8.32. The fraction of sp³-hybridized carbons (Fsp3) is 0.571. The summed E-state index contributed by atoms with van der Waals surface area (Å²) in [7, 11) is 0. The van der Waals surface area contributed by atoms with Crippen LogP contribution < -0.4 is 11.5 Å². The molecule has 0 bridgehead atoms. The van der Waals surface area contributed by atoms with E-state index in [9.17, 15) is 10.2 Å². The molecule has 120 valence electrons. The van der Waals surface area contributed by atoms with Crippen molar-refractivity contribution in [3.63, 3.8) is 0 Å². The van der Waals surface area contributed by atoms with Crippen LogP contribution in [0.5, 0.6) is 0 Å². The van der Waals surface area contributed by atoms with Crippen LogP contribution in [0, 0.1) is 0 Å². The van der Waals surface area contributed by atoms with Gasteiger partial charge in [0.1, 0.15) is 23.8 Å². The first-order chi connectivity index (χ1) is 10.5. The Balaban J connectivity index is 2.10. The van der Waals surface area contributed by atoms with Crippen LogP contribution >= 0.6 is 0 Å². The molecule has 3 atom stereocenters. The second-order valence-corrected chi connectivity index (χ2v) is 5.59. The molecule has 2 aromatic heterocycles. The highest BCUT2D eigenvalue weighted by molar-refractivity contribution is 5.91. The quantitative estimate of drug-likeness (QED) is 0.633. The summed E-state index contributed by atoms with van der Waals surface area (Å²) >= 11 is 0. The minimum atomic E-state index is -0.710. The van der Waals surface area contributed by atoms with Gasteiger partial charge >= 0.3 is 0 Å². The molecule has 6 N–H and O–H groups in total. The number of nitrogen functional groups attached to an aromatic ring is 2. The molecule has 0 aromatic carbocycles.